The first-order valence-corrected chi connectivity index (χ1v) is 7.74. The molecule has 2 heterocycles. The maximum absolute atomic E-state index is 11.7. The van der Waals surface area contributed by atoms with Crippen molar-refractivity contribution in [3.05, 3.63) is 5.82 Å². The molecule has 1 N–H and O–H groups in total. The zero-order valence-corrected chi connectivity index (χ0v) is 13.6. The number of carboxylic acids is 1. The molecule has 0 saturated carbocycles. The lowest BCUT2D eigenvalue weighted by atomic mass is 9.76. The van der Waals surface area contributed by atoms with Gasteiger partial charge in [-0.2, -0.15) is 4.37 Å². The van der Waals surface area contributed by atoms with Crippen LogP contribution in [-0.4, -0.2) is 33.0 Å². The van der Waals surface area contributed by atoms with Crippen LogP contribution < -0.4 is 4.90 Å². The van der Waals surface area contributed by atoms with Crippen molar-refractivity contribution < 1.29 is 9.90 Å². The number of anilines is 1. The third-order valence-corrected chi connectivity index (χ3v) is 4.59. The second-order valence-electron chi connectivity index (χ2n) is 7.18. The number of hydrogen-bond acceptors (Lipinski definition) is 5. The van der Waals surface area contributed by atoms with E-state index in [2.05, 4.69) is 30.1 Å². The van der Waals surface area contributed by atoms with E-state index in [0.29, 0.717) is 0 Å². The van der Waals surface area contributed by atoms with E-state index in [-0.39, 0.29) is 10.8 Å². The van der Waals surface area contributed by atoms with Crippen molar-refractivity contribution >= 4 is 22.6 Å². The van der Waals surface area contributed by atoms with Crippen molar-refractivity contribution in [3.8, 4) is 0 Å². The summed E-state index contributed by atoms with van der Waals surface area (Å²) in [6.07, 6.45) is 1.91. The Bertz CT molecular complexity index is 505. The van der Waals surface area contributed by atoms with Gasteiger partial charge >= 0.3 is 5.97 Å². The van der Waals surface area contributed by atoms with Crippen LogP contribution in [0.5, 0.6) is 0 Å². The number of aliphatic carboxylic acids is 1. The van der Waals surface area contributed by atoms with Crippen LogP contribution in [0.3, 0.4) is 0 Å². The van der Waals surface area contributed by atoms with E-state index in [9.17, 15) is 9.90 Å². The highest BCUT2D eigenvalue weighted by Gasteiger charge is 2.43. The van der Waals surface area contributed by atoms with Crippen molar-refractivity contribution in [1.82, 2.24) is 9.36 Å². The Kier molecular flexibility index (Phi) is 3.79. The van der Waals surface area contributed by atoms with Crippen molar-refractivity contribution in [2.45, 2.75) is 58.9 Å². The van der Waals surface area contributed by atoms with Crippen molar-refractivity contribution in [2.24, 2.45) is 5.41 Å². The first-order valence-electron chi connectivity index (χ1n) is 6.96. The van der Waals surface area contributed by atoms with E-state index in [1.807, 2.05) is 18.7 Å². The van der Waals surface area contributed by atoms with Gasteiger partial charge in [-0.15, -0.1) is 0 Å². The molecule has 1 unspecified atom stereocenters. The largest absolute Gasteiger partial charge is 0.480 e. The molecular formula is C14H23N3O2S. The SMILES string of the molecule is CC(C)(C)c1nsc(N2CCCC(C)(C)C2C(=O)O)n1. The summed E-state index contributed by atoms with van der Waals surface area (Å²) in [5.74, 6) is 0.00669. The Morgan fingerprint density at radius 2 is 2.10 bits per heavy atom. The number of carbonyl (C=O) groups is 1. The molecule has 20 heavy (non-hydrogen) atoms. The van der Waals surface area contributed by atoms with Gasteiger partial charge in [0.2, 0.25) is 5.13 Å². The van der Waals surface area contributed by atoms with E-state index < -0.39 is 12.0 Å². The van der Waals surface area contributed by atoms with Crippen LogP contribution in [0.25, 0.3) is 0 Å². The summed E-state index contributed by atoms with van der Waals surface area (Å²) in [6.45, 7) is 11.0. The number of carboxylic acid groups (broad SMARTS) is 1. The summed E-state index contributed by atoms with van der Waals surface area (Å²) < 4.78 is 4.40. The summed E-state index contributed by atoms with van der Waals surface area (Å²) in [7, 11) is 0. The van der Waals surface area contributed by atoms with Gasteiger partial charge in [0, 0.05) is 23.5 Å². The molecule has 6 heteroatoms. The van der Waals surface area contributed by atoms with Gasteiger partial charge in [0.1, 0.15) is 11.9 Å². The molecule has 1 fully saturated rings. The minimum atomic E-state index is -0.776. The van der Waals surface area contributed by atoms with Crippen LogP contribution >= 0.6 is 11.5 Å². The molecule has 112 valence electrons. The van der Waals surface area contributed by atoms with E-state index in [1.165, 1.54) is 11.5 Å². The molecule has 1 atom stereocenters. The van der Waals surface area contributed by atoms with Gasteiger partial charge < -0.3 is 10.0 Å². The Balaban J connectivity index is 2.35. The molecule has 1 aromatic heterocycles. The molecule has 1 aromatic rings. The molecule has 1 aliphatic rings. The third kappa shape index (κ3) is 2.80. The zero-order chi connectivity index (χ0) is 15.1. The summed E-state index contributed by atoms with van der Waals surface area (Å²) >= 11 is 1.31. The molecule has 1 saturated heterocycles. The average molecular weight is 297 g/mol. The lowest BCUT2D eigenvalue weighted by Crippen LogP contribution is -2.54. The highest BCUT2D eigenvalue weighted by atomic mass is 32.1. The number of aromatic nitrogens is 2. The van der Waals surface area contributed by atoms with E-state index >= 15 is 0 Å². The topological polar surface area (TPSA) is 66.3 Å². The maximum atomic E-state index is 11.7. The molecule has 2 rings (SSSR count). The van der Waals surface area contributed by atoms with Crippen LogP contribution in [0, 0.1) is 5.41 Å². The minimum absolute atomic E-state index is 0.112. The van der Waals surface area contributed by atoms with Crippen LogP contribution in [0.1, 0.15) is 53.3 Å². The predicted octanol–water partition coefficient (Wildman–Crippen LogP) is 2.92. The van der Waals surface area contributed by atoms with Crippen molar-refractivity contribution in [1.29, 1.82) is 0 Å². The average Bonchev–Trinajstić information content (AvgIpc) is 2.75. The molecule has 1 aliphatic heterocycles. The predicted molar refractivity (Wildman–Crippen MR) is 80.4 cm³/mol. The van der Waals surface area contributed by atoms with Gasteiger partial charge in [0.15, 0.2) is 0 Å². The van der Waals surface area contributed by atoms with Crippen LogP contribution in [-0.2, 0) is 10.2 Å². The van der Waals surface area contributed by atoms with Gasteiger partial charge in [0.25, 0.3) is 0 Å². The van der Waals surface area contributed by atoms with Crippen molar-refractivity contribution in [3.63, 3.8) is 0 Å². The van der Waals surface area contributed by atoms with Crippen LogP contribution in [0.15, 0.2) is 0 Å². The van der Waals surface area contributed by atoms with E-state index in [4.69, 9.17) is 0 Å². The van der Waals surface area contributed by atoms with Gasteiger partial charge in [0.05, 0.1) is 0 Å². The van der Waals surface area contributed by atoms with Gasteiger partial charge in [-0.25, -0.2) is 9.78 Å². The highest BCUT2D eigenvalue weighted by Crippen LogP contribution is 2.39. The standard InChI is InChI=1S/C14H23N3O2S/c1-13(2,3)11-15-12(20-16-11)17-8-6-7-14(4,5)9(17)10(18)19/h9H,6-8H2,1-5H3,(H,18,19). The first kappa shape index (κ1) is 15.2. The lowest BCUT2D eigenvalue weighted by Gasteiger charge is -2.43. The van der Waals surface area contributed by atoms with Gasteiger partial charge in [-0.1, -0.05) is 34.6 Å². The summed E-state index contributed by atoms with van der Waals surface area (Å²) in [5.41, 5.74) is -0.365. The number of piperidine rings is 1. The number of rotatable bonds is 2. The fourth-order valence-corrected chi connectivity index (χ4v) is 3.61. The first-order chi connectivity index (χ1) is 9.13. The molecule has 0 bridgehead atoms. The quantitative estimate of drug-likeness (QED) is 0.909. The van der Waals surface area contributed by atoms with Crippen molar-refractivity contribution in [2.75, 3.05) is 11.4 Å². The zero-order valence-electron chi connectivity index (χ0n) is 12.8. The molecule has 0 amide bonds. The Hall–Kier alpha value is -1.17. The normalized spacial score (nSPS) is 22.9. The fourth-order valence-electron chi connectivity index (χ4n) is 2.70. The van der Waals surface area contributed by atoms with E-state index in [1.54, 1.807) is 0 Å². The third-order valence-electron chi connectivity index (χ3n) is 3.84. The Morgan fingerprint density at radius 3 is 2.60 bits per heavy atom. The smallest absolute Gasteiger partial charge is 0.326 e. The van der Waals surface area contributed by atoms with Crippen LogP contribution in [0.2, 0.25) is 0 Å². The highest BCUT2D eigenvalue weighted by molar-refractivity contribution is 7.09. The number of hydrogen-bond donors (Lipinski definition) is 1. The fraction of sp³-hybridized carbons (Fsp3) is 0.786. The number of nitrogens with zero attached hydrogens (tertiary/aromatic N) is 3. The monoisotopic (exact) mass is 297 g/mol. The molecular weight excluding hydrogens is 274 g/mol. The molecule has 0 spiro atoms. The molecule has 0 radical (unpaired) electrons. The minimum Gasteiger partial charge on any atom is -0.480 e. The van der Waals surface area contributed by atoms with Gasteiger partial charge in [-0.3, -0.25) is 0 Å². The second kappa shape index (κ2) is 4.98. The van der Waals surface area contributed by atoms with E-state index in [0.717, 1.165) is 30.3 Å². The maximum Gasteiger partial charge on any atom is 0.326 e. The molecule has 0 aromatic carbocycles. The summed E-state index contributed by atoms with van der Waals surface area (Å²) in [4.78, 5) is 18.2. The Morgan fingerprint density at radius 1 is 1.45 bits per heavy atom. The van der Waals surface area contributed by atoms with Gasteiger partial charge in [-0.05, 0) is 18.3 Å². The lowest BCUT2D eigenvalue weighted by molar-refractivity contribution is -0.142. The Labute approximate surface area is 124 Å². The summed E-state index contributed by atoms with van der Waals surface area (Å²) in [6, 6.07) is -0.531. The summed E-state index contributed by atoms with van der Waals surface area (Å²) in [5, 5.41) is 10.3. The molecule has 5 nitrogen and oxygen atoms in total. The second-order valence-corrected chi connectivity index (χ2v) is 7.91. The molecule has 0 aliphatic carbocycles. The van der Waals surface area contributed by atoms with Crippen LogP contribution in [0.4, 0.5) is 5.13 Å².